The molecule has 10 nitrogen and oxygen atoms in total. The minimum Gasteiger partial charge on any atom is -0.493 e. The van der Waals surface area contributed by atoms with Crippen LogP contribution in [0.1, 0.15) is 26.4 Å². The first-order valence-electron chi connectivity index (χ1n) is 15.4. The number of nitrogens with one attached hydrogen (secondary N) is 3. The molecule has 0 radical (unpaired) electrons. The van der Waals surface area contributed by atoms with Gasteiger partial charge in [-0.2, -0.15) is 0 Å². The number of methoxy groups -OCH3 is 3. The Balaban J connectivity index is 1.29. The van der Waals surface area contributed by atoms with E-state index in [-0.39, 0.29) is 17.4 Å². The lowest BCUT2D eigenvalue weighted by Gasteiger charge is -2.15. The van der Waals surface area contributed by atoms with Crippen LogP contribution >= 0.6 is 23.1 Å². The highest BCUT2D eigenvalue weighted by Gasteiger charge is 2.18. The van der Waals surface area contributed by atoms with E-state index in [9.17, 15) is 14.4 Å². The van der Waals surface area contributed by atoms with E-state index in [1.54, 1.807) is 60.7 Å². The van der Waals surface area contributed by atoms with Gasteiger partial charge in [0.15, 0.2) is 16.6 Å². The third-order valence-corrected chi connectivity index (χ3v) is 9.24. The Labute approximate surface area is 298 Å². The van der Waals surface area contributed by atoms with Crippen molar-refractivity contribution >= 4 is 57.7 Å². The predicted molar refractivity (Wildman–Crippen MR) is 199 cm³/mol. The average Bonchev–Trinajstić information content (AvgIpc) is 3.49. The summed E-state index contributed by atoms with van der Waals surface area (Å²) < 4.78 is 16.4. The lowest BCUT2D eigenvalue weighted by Crippen LogP contribution is -2.30. The van der Waals surface area contributed by atoms with Crippen LogP contribution < -0.4 is 30.2 Å². The number of thiazole rings is 1. The number of carbonyl (C=O) groups is 3. The number of ether oxygens (including phenoxy) is 3. The Morgan fingerprint density at radius 3 is 2.18 bits per heavy atom. The van der Waals surface area contributed by atoms with Gasteiger partial charge in [0.25, 0.3) is 11.8 Å². The first kappa shape index (κ1) is 35.7. The number of hydrogen-bond donors (Lipinski definition) is 3. The molecule has 12 heteroatoms. The molecule has 3 N–H and O–H groups in total. The highest BCUT2D eigenvalue weighted by molar-refractivity contribution is 8.00. The van der Waals surface area contributed by atoms with Crippen LogP contribution in [0, 0.1) is 13.8 Å². The van der Waals surface area contributed by atoms with Crippen LogP contribution in [0.2, 0.25) is 0 Å². The van der Waals surface area contributed by atoms with E-state index in [2.05, 4.69) is 20.9 Å². The van der Waals surface area contributed by atoms with Crippen molar-refractivity contribution in [1.82, 2.24) is 10.3 Å². The summed E-state index contributed by atoms with van der Waals surface area (Å²) >= 11 is 2.75. The van der Waals surface area contributed by atoms with Crippen molar-refractivity contribution in [3.8, 4) is 28.5 Å². The van der Waals surface area contributed by atoms with Crippen molar-refractivity contribution in [2.45, 2.75) is 18.7 Å². The minimum absolute atomic E-state index is 0.0192. The summed E-state index contributed by atoms with van der Waals surface area (Å²) in [5.74, 6) is 0.0732. The van der Waals surface area contributed by atoms with Crippen LogP contribution in [-0.2, 0) is 9.59 Å². The number of benzene rings is 4. The zero-order valence-electron chi connectivity index (χ0n) is 28.2. The Kier molecular flexibility index (Phi) is 11.9. The average molecular weight is 709 g/mol. The standard InChI is InChI=1S/C38H36N4O6S2/c1-23-14-16-26(17-15-23)34-24(2)50-38(42-34)41-33(43)22-49-29-13-9-12-28(21-29)39-37(45)30(40-36(44)27-10-7-6-8-11-27)18-25-19-31(46-3)35(48-5)32(20-25)47-4/h6-21H,22H2,1-5H3,(H,39,45)(H,40,44)(H,41,42,43)/b30-18+. The molecule has 0 fully saturated rings. The van der Waals surface area contributed by atoms with Gasteiger partial charge >= 0.3 is 0 Å². The van der Waals surface area contributed by atoms with Crippen LogP contribution in [0.3, 0.4) is 0 Å². The highest BCUT2D eigenvalue weighted by atomic mass is 32.2. The summed E-state index contributed by atoms with van der Waals surface area (Å²) in [5, 5.41) is 9.03. The molecule has 3 amide bonds. The molecule has 0 spiro atoms. The molecule has 0 unspecified atom stereocenters. The summed E-state index contributed by atoms with van der Waals surface area (Å²) in [7, 11) is 4.48. The molecule has 5 aromatic rings. The Morgan fingerprint density at radius 1 is 0.820 bits per heavy atom. The normalized spacial score (nSPS) is 11.0. The first-order valence-corrected chi connectivity index (χ1v) is 17.2. The van der Waals surface area contributed by atoms with Crippen LogP contribution in [0.5, 0.6) is 17.2 Å². The maximum absolute atomic E-state index is 13.7. The van der Waals surface area contributed by atoms with Gasteiger partial charge in [-0.1, -0.05) is 54.1 Å². The van der Waals surface area contributed by atoms with Gasteiger partial charge in [-0.3, -0.25) is 14.4 Å². The summed E-state index contributed by atoms with van der Waals surface area (Å²) in [6, 6.07) is 27.1. The largest absolute Gasteiger partial charge is 0.493 e. The monoisotopic (exact) mass is 708 g/mol. The number of thioether (sulfide) groups is 1. The van der Waals surface area contributed by atoms with Crippen molar-refractivity contribution < 1.29 is 28.6 Å². The zero-order valence-corrected chi connectivity index (χ0v) is 29.8. The summed E-state index contributed by atoms with van der Waals surface area (Å²) in [5.41, 5.74) is 4.37. The lowest BCUT2D eigenvalue weighted by molar-refractivity contribution is -0.114. The molecule has 0 saturated carbocycles. The Bertz CT molecular complexity index is 2000. The molecule has 5 rings (SSSR count). The zero-order chi connectivity index (χ0) is 35.6. The number of nitrogens with zero attached hydrogens (tertiary/aromatic N) is 1. The van der Waals surface area contributed by atoms with Gasteiger partial charge in [0, 0.05) is 26.6 Å². The van der Waals surface area contributed by atoms with Crippen molar-refractivity contribution in [2.24, 2.45) is 0 Å². The molecule has 0 aliphatic carbocycles. The number of hydrogen-bond acceptors (Lipinski definition) is 9. The number of rotatable bonds is 13. The fourth-order valence-electron chi connectivity index (χ4n) is 4.89. The quantitative estimate of drug-likeness (QED) is 0.0844. The van der Waals surface area contributed by atoms with Crippen molar-refractivity contribution in [3.05, 3.63) is 118 Å². The van der Waals surface area contributed by atoms with Crippen LogP contribution in [0.4, 0.5) is 10.8 Å². The second kappa shape index (κ2) is 16.7. The van der Waals surface area contributed by atoms with Crippen LogP contribution in [-0.4, -0.2) is 49.8 Å². The molecular weight excluding hydrogens is 673 g/mol. The highest BCUT2D eigenvalue weighted by Crippen LogP contribution is 2.39. The third kappa shape index (κ3) is 9.10. The maximum Gasteiger partial charge on any atom is 0.272 e. The predicted octanol–water partition coefficient (Wildman–Crippen LogP) is 7.59. The number of carbonyl (C=O) groups excluding carboxylic acids is 3. The molecule has 0 saturated heterocycles. The molecule has 0 atom stereocenters. The molecule has 4 aromatic carbocycles. The fraction of sp³-hybridized carbons (Fsp3) is 0.158. The number of aryl methyl sites for hydroxylation is 2. The van der Waals surface area contributed by atoms with Gasteiger partial charge in [-0.15, -0.1) is 23.1 Å². The Hall–Kier alpha value is -5.59. The number of anilines is 2. The number of aromatic nitrogens is 1. The fourth-order valence-corrected chi connectivity index (χ4v) is 6.50. The molecule has 1 heterocycles. The Morgan fingerprint density at radius 2 is 1.52 bits per heavy atom. The van der Waals surface area contributed by atoms with Gasteiger partial charge in [0.2, 0.25) is 11.7 Å². The van der Waals surface area contributed by atoms with E-state index >= 15 is 0 Å². The SMILES string of the molecule is COc1cc(/C=C(/NC(=O)c2ccccc2)C(=O)Nc2cccc(SCC(=O)Nc3nc(-c4ccc(C)cc4)c(C)s3)c2)cc(OC)c1OC. The smallest absolute Gasteiger partial charge is 0.272 e. The molecule has 0 aliphatic heterocycles. The van der Waals surface area contributed by atoms with Gasteiger partial charge in [-0.25, -0.2) is 4.98 Å². The van der Waals surface area contributed by atoms with Crippen molar-refractivity contribution in [3.63, 3.8) is 0 Å². The van der Waals surface area contributed by atoms with E-state index in [1.807, 2.05) is 44.2 Å². The van der Waals surface area contributed by atoms with Gasteiger partial charge < -0.3 is 30.2 Å². The van der Waals surface area contributed by atoms with Gasteiger partial charge in [0.05, 0.1) is 32.8 Å². The van der Waals surface area contributed by atoms with Gasteiger partial charge in [-0.05, 0) is 68.0 Å². The second-order valence-corrected chi connectivity index (χ2v) is 13.2. The number of amides is 3. The molecule has 0 aliphatic rings. The summed E-state index contributed by atoms with van der Waals surface area (Å²) in [4.78, 5) is 46.1. The topological polar surface area (TPSA) is 128 Å². The molecule has 50 heavy (non-hydrogen) atoms. The van der Waals surface area contributed by atoms with Crippen LogP contribution in [0.25, 0.3) is 17.3 Å². The second-order valence-electron chi connectivity index (χ2n) is 10.9. The molecule has 256 valence electrons. The molecule has 0 bridgehead atoms. The molecule has 1 aromatic heterocycles. The van der Waals surface area contributed by atoms with Crippen molar-refractivity contribution in [1.29, 1.82) is 0 Å². The van der Waals surface area contributed by atoms with E-state index in [4.69, 9.17) is 14.2 Å². The van der Waals surface area contributed by atoms with E-state index < -0.39 is 11.8 Å². The molecular formula is C38H36N4O6S2. The summed E-state index contributed by atoms with van der Waals surface area (Å²) in [6.45, 7) is 4.01. The lowest BCUT2D eigenvalue weighted by atomic mass is 10.1. The van der Waals surface area contributed by atoms with E-state index in [0.29, 0.717) is 39.2 Å². The summed E-state index contributed by atoms with van der Waals surface area (Å²) in [6.07, 6.45) is 1.52. The van der Waals surface area contributed by atoms with Crippen LogP contribution in [0.15, 0.2) is 102 Å². The van der Waals surface area contributed by atoms with Crippen molar-refractivity contribution in [2.75, 3.05) is 37.7 Å². The first-order chi connectivity index (χ1) is 24.2. The van der Waals surface area contributed by atoms with Gasteiger partial charge in [0.1, 0.15) is 5.70 Å². The van der Waals surface area contributed by atoms with E-state index in [0.717, 1.165) is 21.0 Å². The third-order valence-electron chi connectivity index (χ3n) is 7.36. The minimum atomic E-state index is -0.563. The van der Waals surface area contributed by atoms with E-state index in [1.165, 1.54) is 56.1 Å². The maximum atomic E-state index is 13.7.